The highest BCUT2D eigenvalue weighted by atomic mass is 16.5. The summed E-state index contributed by atoms with van der Waals surface area (Å²) in [7, 11) is 1.62. The van der Waals surface area contributed by atoms with Crippen LogP contribution in [0.2, 0.25) is 0 Å². The van der Waals surface area contributed by atoms with Crippen LogP contribution in [0.4, 0.5) is 0 Å². The maximum absolute atomic E-state index is 6.07. The molecule has 0 radical (unpaired) electrons. The number of ether oxygens (including phenoxy) is 5. The molecule has 0 unspecified atom stereocenters. The van der Waals surface area contributed by atoms with E-state index in [4.69, 9.17) is 23.7 Å². The van der Waals surface area contributed by atoms with E-state index in [1.165, 1.54) is 0 Å². The van der Waals surface area contributed by atoms with Gasteiger partial charge >= 0.3 is 0 Å². The molecule has 0 aliphatic rings. The predicted molar refractivity (Wildman–Crippen MR) is 125 cm³/mol. The molecule has 5 nitrogen and oxygen atoms in total. The summed E-state index contributed by atoms with van der Waals surface area (Å²) in [5, 5.41) is 1.87. The highest BCUT2D eigenvalue weighted by molar-refractivity contribution is 5.95. The smallest absolute Gasteiger partial charge is 0.169 e. The van der Waals surface area contributed by atoms with E-state index in [1.54, 1.807) is 7.11 Å². The van der Waals surface area contributed by atoms with E-state index in [-0.39, 0.29) is 0 Å². The average molecular weight is 431 g/mol. The van der Waals surface area contributed by atoms with Gasteiger partial charge in [-0.15, -0.1) is 0 Å². The lowest BCUT2D eigenvalue weighted by atomic mass is 10.1. The molecule has 0 amide bonds. The maximum atomic E-state index is 6.07. The molecule has 0 N–H and O–H groups in total. The number of benzene rings is 4. The first-order valence-corrected chi connectivity index (χ1v) is 10.6. The molecule has 0 heterocycles. The third-order valence-corrected chi connectivity index (χ3v) is 4.84. The zero-order chi connectivity index (χ0) is 22.0. The van der Waals surface area contributed by atoms with Crippen LogP contribution in [0.1, 0.15) is 0 Å². The molecule has 32 heavy (non-hydrogen) atoms. The molecule has 5 heteroatoms. The van der Waals surface area contributed by atoms with Gasteiger partial charge in [0.15, 0.2) is 11.5 Å². The molecule has 0 aromatic heterocycles. The van der Waals surface area contributed by atoms with Crippen LogP contribution in [-0.2, 0) is 0 Å². The lowest BCUT2D eigenvalue weighted by Crippen LogP contribution is -2.11. The molecule has 0 aliphatic carbocycles. The lowest BCUT2D eigenvalue weighted by Gasteiger charge is -2.17. The lowest BCUT2D eigenvalue weighted by molar-refractivity contribution is 0.210. The van der Waals surface area contributed by atoms with Crippen molar-refractivity contribution in [2.24, 2.45) is 0 Å². The normalized spacial score (nSPS) is 10.5. The Kier molecular flexibility index (Phi) is 7.32. The van der Waals surface area contributed by atoms with Gasteiger partial charge in [0, 0.05) is 16.8 Å². The molecule has 0 saturated carbocycles. The first-order chi connectivity index (χ1) is 15.8. The van der Waals surface area contributed by atoms with Gasteiger partial charge in [-0.3, -0.25) is 0 Å². The minimum absolute atomic E-state index is 0.389. The van der Waals surface area contributed by atoms with E-state index in [1.807, 2.05) is 91.0 Å². The van der Waals surface area contributed by atoms with E-state index in [0.717, 1.165) is 28.0 Å². The van der Waals surface area contributed by atoms with Crippen LogP contribution >= 0.6 is 0 Å². The van der Waals surface area contributed by atoms with Crippen molar-refractivity contribution in [1.82, 2.24) is 0 Å². The fourth-order valence-electron chi connectivity index (χ4n) is 3.36. The topological polar surface area (TPSA) is 46.2 Å². The monoisotopic (exact) mass is 430 g/mol. The van der Waals surface area contributed by atoms with Gasteiger partial charge in [0.2, 0.25) is 0 Å². The van der Waals surface area contributed by atoms with Crippen molar-refractivity contribution in [2.45, 2.75) is 0 Å². The molecular weight excluding hydrogens is 404 g/mol. The van der Waals surface area contributed by atoms with Crippen molar-refractivity contribution in [3.8, 4) is 28.7 Å². The Balaban J connectivity index is 1.43. The molecule has 0 spiro atoms. The van der Waals surface area contributed by atoms with Crippen LogP contribution in [0, 0.1) is 0 Å². The molecule has 4 aromatic carbocycles. The number of hydrogen-bond donors (Lipinski definition) is 0. The molecular formula is C27H26O5. The first-order valence-electron chi connectivity index (χ1n) is 10.6. The van der Waals surface area contributed by atoms with Gasteiger partial charge in [-0.05, 0) is 24.3 Å². The van der Waals surface area contributed by atoms with Crippen LogP contribution in [0.15, 0.2) is 91.0 Å². The van der Waals surface area contributed by atoms with Gasteiger partial charge in [0.05, 0.1) is 7.11 Å². The zero-order valence-electron chi connectivity index (χ0n) is 18.0. The molecule has 0 bridgehead atoms. The van der Waals surface area contributed by atoms with Crippen molar-refractivity contribution in [3.05, 3.63) is 91.0 Å². The molecule has 164 valence electrons. The summed E-state index contributed by atoms with van der Waals surface area (Å²) in [6.45, 7) is 1.67. The summed E-state index contributed by atoms with van der Waals surface area (Å²) in [4.78, 5) is 0. The molecule has 0 fully saturated rings. The van der Waals surface area contributed by atoms with Crippen molar-refractivity contribution in [1.29, 1.82) is 0 Å². The zero-order valence-corrected chi connectivity index (χ0v) is 18.0. The summed E-state index contributed by atoms with van der Waals surface area (Å²) in [6, 6.07) is 29.2. The summed E-state index contributed by atoms with van der Waals surface area (Å²) in [6.07, 6.45) is 0. The van der Waals surface area contributed by atoms with Gasteiger partial charge < -0.3 is 23.7 Å². The second-order valence-electron chi connectivity index (χ2n) is 6.97. The number of methoxy groups -OCH3 is 1. The largest absolute Gasteiger partial charge is 0.493 e. The molecule has 4 rings (SSSR count). The number of para-hydroxylation sites is 2. The highest BCUT2D eigenvalue weighted by Gasteiger charge is 2.15. The minimum Gasteiger partial charge on any atom is -0.493 e. The van der Waals surface area contributed by atoms with Crippen molar-refractivity contribution >= 4 is 10.8 Å². The second-order valence-corrected chi connectivity index (χ2v) is 6.97. The Hall–Kier alpha value is -3.86. The molecule has 4 aromatic rings. The SMILES string of the molecule is COc1cc(OCCOc2ccccc2)c2ccccc2c1OCCOc1ccccc1. The standard InChI is InChI=1S/C27H26O5/c1-28-26-20-25(31-18-16-29-21-10-4-2-5-11-21)23-14-8-9-15-24(23)27(26)32-19-17-30-22-12-6-3-7-13-22/h2-15,20H,16-19H2,1H3. The van der Waals surface area contributed by atoms with E-state index in [2.05, 4.69) is 0 Å². The third kappa shape index (κ3) is 5.43. The summed E-state index contributed by atoms with van der Waals surface area (Å²) in [5.74, 6) is 3.64. The van der Waals surface area contributed by atoms with Crippen LogP contribution in [0.25, 0.3) is 10.8 Å². The minimum atomic E-state index is 0.389. The summed E-state index contributed by atoms with van der Waals surface area (Å²) < 4.78 is 29.2. The van der Waals surface area contributed by atoms with Crippen LogP contribution in [0.5, 0.6) is 28.7 Å². The van der Waals surface area contributed by atoms with Gasteiger partial charge in [-0.2, -0.15) is 0 Å². The van der Waals surface area contributed by atoms with Crippen molar-refractivity contribution in [3.63, 3.8) is 0 Å². The van der Waals surface area contributed by atoms with Gasteiger partial charge in [-0.25, -0.2) is 0 Å². The van der Waals surface area contributed by atoms with Gasteiger partial charge in [0.1, 0.15) is 43.7 Å². The Bertz CT molecular complexity index is 1110. The maximum Gasteiger partial charge on any atom is 0.169 e. The number of fused-ring (bicyclic) bond motifs is 1. The fraction of sp³-hybridized carbons (Fsp3) is 0.185. The third-order valence-electron chi connectivity index (χ3n) is 4.84. The van der Waals surface area contributed by atoms with E-state index < -0.39 is 0 Å². The summed E-state index contributed by atoms with van der Waals surface area (Å²) >= 11 is 0. The van der Waals surface area contributed by atoms with Crippen LogP contribution in [0.3, 0.4) is 0 Å². The predicted octanol–water partition coefficient (Wildman–Crippen LogP) is 5.76. The van der Waals surface area contributed by atoms with Gasteiger partial charge in [0.25, 0.3) is 0 Å². The van der Waals surface area contributed by atoms with Crippen molar-refractivity contribution in [2.75, 3.05) is 33.5 Å². The highest BCUT2D eigenvalue weighted by Crippen LogP contribution is 2.41. The van der Waals surface area contributed by atoms with Crippen LogP contribution < -0.4 is 23.7 Å². The second kappa shape index (κ2) is 11.0. The molecule has 0 aliphatic heterocycles. The van der Waals surface area contributed by atoms with E-state index in [9.17, 15) is 0 Å². The molecule has 0 atom stereocenters. The Morgan fingerprint density at radius 3 is 1.59 bits per heavy atom. The number of hydrogen-bond acceptors (Lipinski definition) is 5. The van der Waals surface area contributed by atoms with Crippen LogP contribution in [-0.4, -0.2) is 33.5 Å². The Morgan fingerprint density at radius 1 is 0.500 bits per heavy atom. The average Bonchev–Trinajstić information content (AvgIpc) is 2.86. The van der Waals surface area contributed by atoms with E-state index in [0.29, 0.717) is 37.9 Å². The Labute approximate surface area is 188 Å². The molecule has 0 saturated heterocycles. The first kappa shape index (κ1) is 21.4. The van der Waals surface area contributed by atoms with Gasteiger partial charge in [-0.1, -0.05) is 60.7 Å². The van der Waals surface area contributed by atoms with E-state index >= 15 is 0 Å². The fourth-order valence-corrected chi connectivity index (χ4v) is 3.36. The summed E-state index contributed by atoms with van der Waals surface area (Å²) in [5.41, 5.74) is 0. The Morgan fingerprint density at radius 2 is 1.00 bits per heavy atom. The number of rotatable bonds is 11. The van der Waals surface area contributed by atoms with Crippen molar-refractivity contribution < 1.29 is 23.7 Å². The quantitative estimate of drug-likeness (QED) is 0.283.